The van der Waals surface area contributed by atoms with Gasteiger partial charge in [0.2, 0.25) is 0 Å². The molecule has 2 aromatic carbocycles. The Bertz CT molecular complexity index is 637. The van der Waals surface area contributed by atoms with Gasteiger partial charge in [-0.15, -0.1) is 0 Å². The van der Waals surface area contributed by atoms with Gasteiger partial charge in [-0.05, 0) is 28.9 Å². The van der Waals surface area contributed by atoms with Crippen molar-refractivity contribution in [2.24, 2.45) is 11.3 Å². The van der Waals surface area contributed by atoms with Crippen LogP contribution in [-0.2, 0) is 0 Å². The van der Waals surface area contributed by atoms with Gasteiger partial charge in [-0.3, -0.25) is 4.79 Å². The molecule has 0 heterocycles. The molecule has 0 saturated carbocycles. The average molecular weight is 289 g/mol. The average Bonchev–Trinajstić information content (AvgIpc) is 2.38. The SMILES string of the molecule is CC(CC(=O)c1ccc(Cl)c2ccccc12)C(C)(C)C. The number of carbonyl (C=O) groups excluding carboxylic acids is 1. The van der Waals surface area contributed by atoms with Crippen LogP contribution in [0.15, 0.2) is 36.4 Å². The van der Waals surface area contributed by atoms with Gasteiger partial charge in [-0.25, -0.2) is 0 Å². The summed E-state index contributed by atoms with van der Waals surface area (Å²) in [6, 6.07) is 11.5. The Labute approximate surface area is 125 Å². The zero-order valence-electron chi connectivity index (χ0n) is 12.5. The van der Waals surface area contributed by atoms with E-state index in [4.69, 9.17) is 11.6 Å². The van der Waals surface area contributed by atoms with E-state index < -0.39 is 0 Å². The highest BCUT2D eigenvalue weighted by atomic mass is 35.5. The molecule has 1 atom stereocenters. The van der Waals surface area contributed by atoms with E-state index in [1.165, 1.54) is 0 Å². The Morgan fingerprint density at radius 2 is 1.70 bits per heavy atom. The Balaban J connectivity index is 2.39. The van der Waals surface area contributed by atoms with Gasteiger partial charge >= 0.3 is 0 Å². The van der Waals surface area contributed by atoms with Gasteiger partial charge in [0.25, 0.3) is 0 Å². The number of rotatable bonds is 3. The number of halogens is 1. The molecule has 1 nitrogen and oxygen atoms in total. The maximum atomic E-state index is 12.6. The highest BCUT2D eigenvalue weighted by Crippen LogP contribution is 2.32. The van der Waals surface area contributed by atoms with Crippen molar-refractivity contribution in [3.05, 3.63) is 47.0 Å². The Kier molecular flexibility index (Phi) is 4.19. The van der Waals surface area contributed by atoms with Crippen LogP contribution < -0.4 is 0 Å². The zero-order valence-corrected chi connectivity index (χ0v) is 13.3. The number of Topliss-reactive ketones (excluding diaryl/α,β-unsaturated/α-hetero) is 1. The Morgan fingerprint density at radius 3 is 2.30 bits per heavy atom. The Morgan fingerprint density at radius 1 is 1.10 bits per heavy atom. The molecule has 0 amide bonds. The van der Waals surface area contributed by atoms with Crippen molar-refractivity contribution in [1.29, 1.82) is 0 Å². The summed E-state index contributed by atoms with van der Waals surface area (Å²) in [4.78, 5) is 12.6. The van der Waals surface area contributed by atoms with Crippen molar-refractivity contribution in [3.8, 4) is 0 Å². The van der Waals surface area contributed by atoms with E-state index in [1.807, 2.05) is 36.4 Å². The quantitative estimate of drug-likeness (QED) is 0.657. The monoisotopic (exact) mass is 288 g/mol. The van der Waals surface area contributed by atoms with Crippen LogP contribution >= 0.6 is 11.6 Å². The minimum Gasteiger partial charge on any atom is -0.294 e. The van der Waals surface area contributed by atoms with E-state index in [1.54, 1.807) is 0 Å². The number of carbonyl (C=O) groups is 1. The predicted octanol–water partition coefficient (Wildman–Crippen LogP) is 5.75. The van der Waals surface area contributed by atoms with Gasteiger partial charge in [0.1, 0.15) is 0 Å². The fourth-order valence-electron chi connectivity index (χ4n) is 2.20. The van der Waals surface area contributed by atoms with Crippen molar-refractivity contribution in [3.63, 3.8) is 0 Å². The van der Waals surface area contributed by atoms with Crippen LogP contribution in [0.2, 0.25) is 5.02 Å². The first kappa shape index (κ1) is 15.1. The van der Waals surface area contributed by atoms with E-state index in [0.717, 1.165) is 16.3 Å². The lowest BCUT2D eigenvalue weighted by atomic mass is 9.78. The van der Waals surface area contributed by atoms with Crippen molar-refractivity contribution in [2.75, 3.05) is 0 Å². The minimum atomic E-state index is 0.137. The lowest BCUT2D eigenvalue weighted by Crippen LogP contribution is -2.20. The van der Waals surface area contributed by atoms with E-state index in [0.29, 0.717) is 17.4 Å². The first-order chi connectivity index (χ1) is 9.30. The van der Waals surface area contributed by atoms with Crippen LogP contribution in [0.4, 0.5) is 0 Å². The van der Waals surface area contributed by atoms with Gasteiger partial charge in [-0.2, -0.15) is 0 Å². The maximum Gasteiger partial charge on any atom is 0.163 e. The molecule has 2 heteroatoms. The third kappa shape index (κ3) is 3.04. The molecule has 20 heavy (non-hydrogen) atoms. The number of ketones is 1. The first-order valence-corrected chi connectivity index (χ1v) is 7.39. The minimum absolute atomic E-state index is 0.137. The molecule has 0 aliphatic carbocycles. The predicted molar refractivity (Wildman–Crippen MR) is 86.5 cm³/mol. The number of hydrogen-bond donors (Lipinski definition) is 0. The van der Waals surface area contributed by atoms with Gasteiger partial charge in [0.15, 0.2) is 5.78 Å². The molecule has 1 unspecified atom stereocenters. The standard InChI is InChI=1S/C18H21ClO/c1-12(18(2,3)4)11-17(20)15-9-10-16(19)14-8-6-5-7-13(14)15/h5-10,12H,11H2,1-4H3. The molecule has 0 radical (unpaired) electrons. The van der Waals surface area contributed by atoms with Gasteiger partial charge in [0.05, 0.1) is 0 Å². The van der Waals surface area contributed by atoms with E-state index in [2.05, 4.69) is 27.7 Å². The van der Waals surface area contributed by atoms with Crippen molar-refractivity contribution >= 4 is 28.2 Å². The van der Waals surface area contributed by atoms with Gasteiger partial charge in [0, 0.05) is 22.4 Å². The fourth-order valence-corrected chi connectivity index (χ4v) is 2.43. The Hall–Kier alpha value is -1.34. The second-order valence-corrected chi connectivity index (χ2v) is 6.94. The molecule has 0 aromatic heterocycles. The van der Waals surface area contributed by atoms with E-state index in [9.17, 15) is 4.79 Å². The zero-order chi connectivity index (χ0) is 14.9. The van der Waals surface area contributed by atoms with Crippen LogP contribution in [-0.4, -0.2) is 5.78 Å². The van der Waals surface area contributed by atoms with Crippen molar-refractivity contribution in [1.82, 2.24) is 0 Å². The number of hydrogen-bond acceptors (Lipinski definition) is 1. The topological polar surface area (TPSA) is 17.1 Å². The summed E-state index contributed by atoms with van der Waals surface area (Å²) in [6.45, 7) is 8.65. The summed E-state index contributed by atoms with van der Waals surface area (Å²) in [6.07, 6.45) is 0.565. The molecule has 2 rings (SSSR count). The molecule has 2 aromatic rings. The smallest absolute Gasteiger partial charge is 0.163 e. The number of benzene rings is 2. The highest BCUT2D eigenvalue weighted by Gasteiger charge is 2.23. The van der Waals surface area contributed by atoms with Gasteiger partial charge < -0.3 is 0 Å². The molecule has 0 aliphatic heterocycles. The van der Waals surface area contributed by atoms with Gasteiger partial charge in [-0.1, -0.05) is 63.6 Å². The maximum absolute atomic E-state index is 12.6. The molecule has 0 bridgehead atoms. The molecule has 0 N–H and O–H groups in total. The molecular formula is C18H21ClO. The second-order valence-electron chi connectivity index (χ2n) is 6.53. The molecular weight excluding hydrogens is 268 g/mol. The second kappa shape index (κ2) is 5.57. The van der Waals surface area contributed by atoms with E-state index in [-0.39, 0.29) is 11.2 Å². The van der Waals surface area contributed by atoms with Crippen LogP contribution in [0.3, 0.4) is 0 Å². The van der Waals surface area contributed by atoms with Crippen LogP contribution in [0.5, 0.6) is 0 Å². The lowest BCUT2D eigenvalue weighted by Gasteiger charge is -2.26. The van der Waals surface area contributed by atoms with Crippen molar-refractivity contribution in [2.45, 2.75) is 34.1 Å². The molecule has 0 aliphatic rings. The van der Waals surface area contributed by atoms with Crippen LogP contribution in [0.1, 0.15) is 44.5 Å². The third-order valence-corrected chi connectivity index (χ3v) is 4.47. The number of fused-ring (bicyclic) bond motifs is 1. The third-order valence-electron chi connectivity index (χ3n) is 4.14. The largest absolute Gasteiger partial charge is 0.294 e. The van der Waals surface area contributed by atoms with Crippen molar-refractivity contribution < 1.29 is 4.79 Å². The first-order valence-electron chi connectivity index (χ1n) is 7.01. The molecule has 0 fully saturated rings. The molecule has 0 saturated heterocycles. The lowest BCUT2D eigenvalue weighted by molar-refractivity contribution is 0.0929. The fraction of sp³-hybridized carbons (Fsp3) is 0.389. The summed E-state index contributed by atoms with van der Waals surface area (Å²) >= 11 is 6.20. The molecule has 106 valence electrons. The summed E-state index contributed by atoms with van der Waals surface area (Å²) in [5, 5.41) is 2.59. The van der Waals surface area contributed by atoms with Crippen LogP contribution in [0, 0.1) is 11.3 Å². The summed E-state index contributed by atoms with van der Waals surface area (Å²) in [5.74, 6) is 0.532. The summed E-state index contributed by atoms with van der Waals surface area (Å²) < 4.78 is 0. The summed E-state index contributed by atoms with van der Waals surface area (Å²) in [5.41, 5.74) is 0.916. The highest BCUT2D eigenvalue weighted by molar-refractivity contribution is 6.36. The molecule has 0 spiro atoms. The normalized spacial score (nSPS) is 13.4. The summed E-state index contributed by atoms with van der Waals surface area (Å²) in [7, 11) is 0. The van der Waals surface area contributed by atoms with Crippen LogP contribution in [0.25, 0.3) is 10.8 Å². The van der Waals surface area contributed by atoms with E-state index >= 15 is 0 Å².